The quantitative estimate of drug-likeness (QED) is 0.163. The summed E-state index contributed by atoms with van der Waals surface area (Å²) in [6.07, 6.45) is 0. The summed E-state index contributed by atoms with van der Waals surface area (Å²) in [5.41, 5.74) is 12.8. The van der Waals surface area contributed by atoms with Gasteiger partial charge in [0.2, 0.25) is 0 Å². The van der Waals surface area contributed by atoms with Crippen molar-refractivity contribution in [3.05, 3.63) is 224 Å². The van der Waals surface area contributed by atoms with E-state index in [0.29, 0.717) is 0 Å². The van der Waals surface area contributed by atoms with Crippen LogP contribution in [0.15, 0.2) is 224 Å². The van der Waals surface area contributed by atoms with E-state index >= 15 is 0 Å². The Kier molecular flexibility index (Phi) is 7.78. The summed E-state index contributed by atoms with van der Waals surface area (Å²) in [5, 5.41) is 10.1. The molecule has 0 spiro atoms. The zero-order valence-electron chi connectivity index (χ0n) is 33.6. The van der Waals surface area contributed by atoms with Crippen molar-refractivity contribution < 1.29 is 0 Å². The molecular formula is C58H37N3S. The van der Waals surface area contributed by atoms with Gasteiger partial charge in [0.15, 0.2) is 0 Å². The molecule has 4 heteroatoms. The third-order valence-corrected chi connectivity index (χ3v) is 13.8. The number of thiophene rings is 1. The van der Waals surface area contributed by atoms with E-state index in [0.717, 1.165) is 28.4 Å². The largest absolute Gasteiger partial charge is 0.310 e. The van der Waals surface area contributed by atoms with E-state index in [2.05, 4.69) is 238 Å². The van der Waals surface area contributed by atoms with Crippen LogP contribution in [0.25, 0.3) is 97.1 Å². The van der Waals surface area contributed by atoms with E-state index in [1.54, 1.807) is 0 Å². The minimum absolute atomic E-state index is 1.10. The van der Waals surface area contributed by atoms with Crippen molar-refractivity contribution in [1.29, 1.82) is 0 Å². The number of hydrogen-bond acceptors (Lipinski definition) is 2. The summed E-state index contributed by atoms with van der Waals surface area (Å²) in [4.78, 5) is 2.45. The second-order valence-electron chi connectivity index (χ2n) is 16.1. The van der Waals surface area contributed by atoms with Crippen LogP contribution in [0.3, 0.4) is 0 Å². The molecular weight excluding hydrogens is 771 g/mol. The van der Waals surface area contributed by atoms with Crippen molar-refractivity contribution in [1.82, 2.24) is 9.13 Å². The van der Waals surface area contributed by atoms with Crippen LogP contribution in [-0.2, 0) is 0 Å². The number of hydrogen-bond donors (Lipinski definition) is 0. The average molecular weight is 808 g/mol. The lowest BCUT2D eigenvalue weighted by Gasteiger charge is -2.27. The van der Waals surface area contributed by atoms with Gasteiger partial charge in [-0.05, 0) is 113 Å². The number of aromatic nitrogens is 2. The van der Waals surface area contributed by atoms with Gasteiger partial charge in [-0.25, -0.2) is 0 Å². The summed E-state index contributed by atoms with van der Waals surface area (Å²) >= 11 is 1.86. The Morgan fingerprint density at radius 2 is 0.887 bits per heavy atom. The van der Waals surface area contributed by atoms with Crippen LogP contribution < -0.4 is 4.90 Å². The molecule has 0 aliphatic heterocycles. The predicted molar refractivity (Wildman–Crippen MR) is 266 cm³/mol. The maximum atomic E-state index is 2.45. The monoisotopic (exact) mass is 807 g/mol. The van der Waals surface area contributed by atoms with Gasteiger partial charge in [0.1, 0.15) is 0 Å². The first-order valence-electron chi connectivity index (χ1n) is 21.2. The van der Waals surface area contributed by atoms with E-state index < -0.39 is 0 Å². The molecule has 10 aromatic carbocycles. The molecule has 0 amide bonds. The molecule has 0 aliphatic carbocycles. The van der Waals surface area contributed by atoms with Gasteiger partial charge in [-0.3, -0.25) is 0 Å². The highest BCUT2D eigenvalue weighted by molar-refractivity contribution is 7.25. The predicted octanol–water partition coefficient (Wildman–Crippen LogP) is 16.5. The Bertz CT molecular complexity index is 3850. The van der Waals surface area contributed by atoms with Crippen LogP contribution in [-0.4, -0.2) is 9.13 Å². The molecule has 0 atom stereocenters. The molecule has 0 radical (unpaired) electrons. The molecule has 3 aromatic heterocycles. The van der Waals surface area contributed by atoms with Gasteiger partial charge in [0.05, 0.1) is 27.8 Å². The smallest absolute Gasteiger partial charge is 0.0562 e. The van der Waals surface area contributed by atoms with Gasteiger partial charge in [-0.1, -0.05) is 133 Å². The lowest BCUT2D eigenvalue weighted by atomic mass is 10.0. The first kappa shape index (κ1) is 34.9. The number of anilines is 3. The van der Waals surface area contributed by atoms with E-state index in [-0.39, 0.29) is 0 Å². The number of nitrogens with zero attached hydrogens (tertiary/aromatic N) is 3. The van der Waals surface area contributed by atoms with Crippen molar-refractivity contribution >= 4 is 103 Å². The van der Waals surface area contributed by atoms with Crippen LogP contribution >= 0.6 is 11.3 Å². The molecule has 3 nitrogen and oxygen atoms in total. The van der Waals surface area contributed by atoms with Crippen LogP contribution in [0.5, 0.6) is 0 Å². The minimum Gasteiger partial charge on any atom is -0.310 e. The Morgan fingerprint density at radius 1 is 0.323 bits per heavy atom. The second kappa shape index (κ2) is 13.8. The summed E-state index contributed by atoms with van der Waals surface area (Å²) in [6.45, 7) is 0. The molecule has 13 aromatic rings. The first-order valence-corrected chi connectivity index (χ1v) is 22.0. The summed E-state index contributed by atoms with van der Waals surface area (Å²) in [7, 11) is 0. The maximum absolute atomic E-state index is 2.45. The van der Waals surface area contributed by atoms with Gasteiger partial charge in [0.25, 0.3) is 0 Å². The van der Waals surface area contributed by atoms with Crippen molar-refractivity contribution in [3.63, 3.8) is 0 Å². The first-order chi connectivity index (χ1) is 30.7. The molecule has 3 heterocycles. The molecule has 0 N–H and O–H groups in total. The van der Waals surface area contributed by atoms with Crippen molar-refractivity contribution in [2.24, 2.45) is 0 Å². The fourth-order valence-electron chi connectivity index (χ4n) is 9.86. The number of benzene rings is 10. The van der Waals surface area contributed by atoms with Gasteiger partial charge in [-0.2, -0.15) is 0 Å². The van der Waals surface area contributed by atoms with Gasteiger partial charge >= 0.3 is 0 Å². The molecule has 0 saturated carbocycles. The van der Waals surface area contributed by atoms with Crippen molar-refractivity contribution in [2.75, 3.05) is 4.90 Å². The molecule has 13 rings (SSSR count). The highest BCUT2D eigenvalue weighted by Crippen LogP contribution is 2.46. The Labute approximate surface area is 362 Å². The van der Waals surface area contributed by atoms with Crippen LogP contribution in [0, 0.1) is 0 Å². The minimum atomic E-state index is 1.10. The van der Waals surface area contributed by atoms with Crippen molar-refractivity contribution in [2.45, 2.75) is 0 Å². The van der Waals surface area contributed by atoms with Crippen LogP contribution in [0.1, 0.15) is 0 Å². The van der Waals surface area contributed by atoms with E-state index in [1.807, 2.05) is 11.3 Å². The summed E-state index contributed by atoms with van der Waals surface area (Å²) < 4.78 is 7.39. The van der Waals surface area contributed by atoms with Crippen molar-refractivity contribution in [3.8, 4) is 22.5 Å². The molecule has 290 valence electrons. The number of para-hydroxylation sites is 3. The van der Waals surface area contributed by atoms with Gasteiger partial charge < -0.3 is 14.0 Å². The topological polar surface area (TPSA) is 13.1 Å². The Balaban J connectivity index is 0.948. The second-order valence-corrected chi connectivity index (χ2v) is 17.2. The highest BCUT2D eigenvalue weighted by atomic mass is 32.1. The molecule has 0 aliphatic rings. The fourth-order valence-corrected chi connectivity index (χ4v) is 11.0. The zero-order valence-corrected chi connectivity index (χ0v) is 34.4. The summed E-state index contributed by atoms with van der Waals surface area (Å²) in [6, 6.07) is 82.2. The third-order valence-electron chi connectivity index (χ3n) is 12.7. The molecule has 0 fully saturated rings. The normalized spacial score (nSPS) is 11.9. The van der Waals surface area contributed by atoms with E-state index in [1.165, 1.54) is 85.7 Å². The number of rotatable bonds is 6. The molecule has 62 heavy (non-hydrogen) atoms. The maximum Gasteiger partial charge on any atom is 0.0562 e. The zero-order chi connectivity index (χ0) is 40.7. The van der Waals surface area contributed by atoms with Gasteiger partial charge in [-0.15, -0.1) is 11.3 Å². The fraction of sp³-hybridized carbons (Fsp3) is 0. The third kappa shape index (κ3) is 5.37. The Morgan fingerprint density at radius 3 is 1.68 bits per heavy atom. The average Bonchev–Trinajstić information content (AvgIpc) is 3.99. The standard InChI is InChI=1S/C58H37N3S/c1-2-15-42(16-3-1)60-52-21-10-7-19-49(52)58-53(22-12-23-54(58)60)59(45-33-34-48-47-18-8-11-24-56(47)62-57(48)37-45)43-29-25-38(26-30-43)39-27-31-44(32-28-39)61-51-20-9-6-17-46(51)50-35-40-13-4-5-14-41(40)36-55(50)61/h1-37H. The van der Waals surface area contributed by atoms with Crippen LogP contribution in [0.4, 0.5) is 17.1 Å². The highest BCUT2D eigenvalue weighted by Gasteiger charge is 2.22. The lowest BCUT2D eigenvalue weighted by molar-refractivity contribution is 1.18. The van der Waals surface area contributed by atoms with Crippen LogP contribution in [0.2, 0.25) is 0 Å². The summed E-state index contributed by atoms with van der Waals surface area (Å²) in [5.74, 6) is 0. The van der Waals surface area contributed by atoms with E-state index in [4.69, 9.17) is 0 Å². The molecule has 0 bridgehead atoms. The molecule has 0 unspecified atom stereocenters. The lowest BCUT2D eigenvalue weighted by Crippen LogP contribution is -2.10. The van der Waals surface area contributed by atoms with Gasteiger partial charge in [0, 0.05) is 64.5 Å². The number of fused-ring (bicyclic) bond motifs is 10. The van der Waals surface area contributed by atoms with E-state index in [9.17, 15) is 0 Å². The molecule has 0 saturated heterocycles. The Hall–Kier alpha value is -7.92. The SMILES string of the molecule is c1ccc(-n2c3ccccc3c3c(N(c4ccc(-c5ccc(-n6c7ccccc7c7cc8ccccc8cc76)cc5)cc4)c4ccc5c(c4)sc4ccccc45)cccc32)cc1.